The summed E-state index contributed by atoms with van der Waals surface area (Å²) in [6.07, 6.45) is 5.15. The van der Waals surface area contributed by atoms with E-state index in [9.17, 15) is 18.0 Å². The third-order valence-electron chi connectivity index (χ3n) is 5.20. The number of hydrogen-bond donors (Lipinski definition) is 2. The van der Waals surface area contributed by atoms with E-state index in [-0.39, 0.29) is 12.5 Å². The molecule has 2 N–H and O–H groups in total. The van der Waals surface area contributed by atoms with E-state index in [4.69, 9.17) is 0 Å². The third-order valence-corrected chi connectivity index (χ3v) is 6.91. The molecule has 1 aromatic carbocycles. The fourth-order valence-corrected chi connectivity index (χ4v) is 5.40. The van der Waals surface area contributed by atoms with E-state index < -0.39 is 15.6 Å². The molecule has 1 heterocycles. The lowest BCUT2D eigenvalue weighted by Gasteiger charge is -2.35. The average molecular weight is 362 g/mol. The Morgan fingerprint density at radius 3 is 2.60 bits per heavy atom. The molecule has 134 valence electrons. The van der Waals surface area contributed by atoms with Gasteiger partial charge in [-0.1, -0.05) is 37.5 Å². The lowest BCUT2D eigenvalue weighted by atomic mass is 9.77. The number of amides is 1. The first kappa shape index (κ1) is 17.8. The molecule has 7 heteroatoms. The van der Waals surface area contributed by atoms with E-state index in [0.717, 1.165) is 37.7 Å². The van der Waals surface area contributed by atoms with Gasteiger partial charge in [0.05, 0.1) is 10.4 Å². The number of allylic oxidation sites excluding steroid dienone is 1. The number of aldehydes is 1. The predicted octanol–water partition coefficient (Wildman–Crippen LogP) is 2.14. The predicted molar refractivity (Wildman–Crippen MR) is 94.7 cm³/mol. The van der Waals surface area contributed by atoms with Crippen molar-refractivity contribution in [3.8, 4) is 0 Å². The Balaban J connectivity index is 1.84. The Bertz CT molecular complexity index is 836. The van der Waals surface area contributed by atoms with Gasteiger partial charge in [0.15, 0.2) is 6.29 Å². The lowest BCUT2D eigenvalue weighted by molar-refractivity contribution is 0.0949. The van der Waals surface area contributed by atoms with Crippen LogP contribution in [0, 0.1) is 0 Å². The summed E-state index contributed by atoms with van der Waals surface area (Å²) in [5.41, 5.74) is 0.778. The SMILES string of the molecule is CC1=C(CNC(=O)c2ccccc2C=O)C2(CCCCC2)NS1(=O)=O. The first-order chi connectivity index (χ1) is 11.9. The maximum Gasteiger partial charge on any atom is 0.252 e. The standard InChI is InChI=1S/C18H22N2O4S/c1-13-16(18(20-25(13,23)24)9-5-2-6-10-18)11-19-17(22)15-8-4-3-7-14(15)12-21/h3-4,7-8,12,20H,2,5-6,9-11H2,1H3,(H,19,22). The molecule has 3 rings (SSSR count). The van der Waals surface area contributed by atoms with Gasteiger partial charge in [0.2, 0.25) is 10.0 Å². The van der Waals surface area contributed by atoms with Gasteiger partial charge in [0, 0.05) is 17.7 Å². The molecule has 0 bridgehead atoms. The largest absolute Gasteiger partial charge is 0.348 e. The first-order valence-corrected chi connectivity index (χ1v) is 9.94. The van der Waals surface area contributed by atoms with Gasteiger partial charge in [-0.2, -0.15) is 0 Å². The smallest absolute Gasteiger partial charge is 0.252 e. The number of carbonyl (C=O) groups is 2. The van der Waals surface area contributed by atoms with Crippen LogP contribution in [-0.2, 0) is 10.0 Å². The highest BCUT2D eigenvalue weighted by molar-refractivity contribution is 7.93. The van der Waals surface area contributed by atoms with Crippen molar-refractivity contribution < 1.29 is 18.0 Å². The quantitative estimate of drug-likeness (QED) is 0.803. The first-order valence-electron chi connectivity index (χ1n) is 8.46. The van der Waals surface area contributed by atoms with Crippen molar-refractivity contribution in [2.45, 2.75) is 44.6 Å². The van der Waals surface area contributed by atoms with Gasteiger partial charge >= 0.3 is 0 Å². The van der Waals surface area contributed by atoms with Crippen molar-refractivity contribution in [1.82, 2.24) is 10.0 Å². The fraction of sp³-hybridized carbons (Fsp3) is 0.444. The highest BCUT2D eigenvalue weighted by Gasteiger charge is 2.47. The summed E-state index contributed by atoms with van der Waals surface area (Å²) >= 11 is 0. The molecule has 0 atom stereocenters. The fourth-order valence-electron chi connectivity index (χ4n) is 3.82. The Hall–Kier alpha value is -1.99. The van der Waals surface area contributed by atoms with Crippen molar-refractivity contribution in [2.24, 2.45) is 0 Å². The summed E-state index contributed by atoms with van der Waals surface area (Å²) in [7, 11) is -3.49. The van der Waals surface area contributed by atoms with Crippen LogP contribution in [0.3, 0.4) is 0 Å². The molecular formula is C18H22N2O4S. The molecule has 2 aliphatic rings. The van der Waals surface area contributed by atoms with E-state index >= 15 is 0 Å². The molecule has 0 radical (unpaired) electrons. The summed E-state index contributed by atoms with van der Waals surface area (Å²) in [4.78, 5) is 23.9. The van der Waals surface area contributed by atoms with Gasteiger partial charge in [-0.05, 0) is 31.4 Å². The molecule has 0 aromatic heterocycles. The Kier molecular flexibility index (Phi) is 4.79. The van der Waals surface area contributed by atoms with Gasteiger partial charge in [-0.3, -0.25) is 9.59 Å². The normalized spacial score (nSPS) is 21.3. The molecule has 1 amide bonds. The number of carbonyl (C=O) groups excluding carboxylic acids is 2. The maximum atomic E-state index is 12.5. The van der Waals surface area contributed by atoms with E-state index in [1.165, 1.54) is 0 Å². The van der Waals surface area contributed by atoms with Crippen molar-refractivity contribution in [3.63, 3.8) is 0 Å². The van der Waals surface area contributed by atoms with Crippen LogP contribution < -0.4 is 10.0 Å². The minimum Gasteiger partial charge on any atom is -0.348 e. The van der Waals surface area contributed by atoms with Crippen LogP contribution in [0.15, 0.2) is 34.7 Å². The van der Waals surface area contributed by atoms with Gasteiger partial charge in [-0.15, -0.1) is 0 Å². The van der Waals surface area contributed by atoms with Crippen molar-refractivity contribution in [1.29, 1.82) is 0 Å². The number of hydrogen-bond acceptors (Lipinski definition) is 4. The molecule has 1 spiro atoms. The van der Waals surface area contributed by atoms with E-state index in [0.29, 0.717) is 22.3 Å². The zero-order chi connectivity index (χ0) is 18.1. The number of nitrogens with one attached hydrogen (secondary N) is 2. The summed E-state index contributed by atoms with van der Waals surface area (Å²) < 4.78 is 27.5. The van der Waals surface area contributed by atoms with Crippen LogP contribution in [0.2, 0.25) is 0 Å². The van der Waals surface area contributed by atoms with E-state index in [1.54, 1.807) is 31.2 Å². The van der Waals surface area contributed by atoms with Crippen LogP contribution >= 0.6 is 0 Å². The average Bonchev–Trinajstić information content (AvgIpc) is 2.79. The van der Waals surface area contributed by atoms with Gasteiger partial charge < -0.3 is 5.32 Å². The van der Waals surface area contributed by atoms with Crippen LogP contribution in [0.25, 0.3) is 0 Å². The number of sulfonamides is 1. The summed E-state index contributed by atoms with van der Waals surface area (Å²) in [5, 5.41) is 2.80. The second-order valence-electron chi connectivity index (χ2n) is 6.67. The highest BCUT2D eigenvalue weighted by Crippen LogP contribution is 2.41. The summed E-state index contributed by atoms with van der Waals surface area (Å²) in [6.45, 7) is 1.75. The monoisotopic (exact) mass is 362 g/mol. The molecule has 1 aliphatic carbocycles. The molecule has 0 unspecified atom stereocenters. The minimum absolute atomic E-state index is 0.157. The van der Waals surface area contributed by atoms with Gasteiger partial charge in [0.25, 0.3) is 5.91 Å². The molecule has 6 nitrogen and oxygen atoms in total. The molecule has 1 aliphatic heterocycles. The zero-order valence-electron chi connectivity index (χ0n) is 14.2. The zero-order valence-corrected chi connectivity index (χ0v) is 15.0. The minimum atomic E-state index is -3.49. The number of rotatable bonds is 4. The summed E-state index contributed by atoms with van der Waals surface area (Å²) in [6, 6.07) is 6.55. The molecule has 0 saturated heterocycles. The molecular weight excluding hydrogens is 340 g/mol. The van der Waals surface area contributed by atoms with Crippen LogP contribution in [-0.4, -0.2) is 32.7 Å². The molecule has 1 fully saturated rings. The molecule has 1 saturated carbocycles. The van der Waals surface area contributed by atoms with Gasteiger partial charge in [-0.25, -0.2) is 13.1 Å². The topological polar surface area (TPSA) is 92.3 Å². The van der Waals surface area contributed by atoms with Crippen LogP contribution in [0.5, 0.6) is 0 Å². The summed E-state index contributed by atoms with van der Waals surface area (Å²) in [5.74, 6) is -0.377. The van der Waals surface area contributed by atoms with Gasteiger partial charge in [0.1, 0.15) is 0 Å². The molecule has 1 aromatic rings. The lowest BCUT2D eigenvalue weighted by Crippen LogP contribution is -2.48. The third kappa shape index (κ3) is 3.26. The Morgan fingerprint density at radius 1 is 1.24 bits per heavy atom. The maximum absolute atomic E-state index is 12.5. The van der Waals surface area contributed by atoms with E-state index in [2.05, 4.69) is 10.0 Å². The van der Waals surface area contributed by atoms with Crippen molar-refractivity contribution in [2.75, 3.05) is 6.54 Å². The number of benzene rings is 1. The Labute approximate surface area is 147 Å². The van der Waals surface area contributed by atoms with Crippen LogP contribution in [0.4, 0.5) is 0 Å². The molecule has 25 heavy (non-hydrogen) atoms. The van der Waals surface area contributed by atoms with E-state index in [1.807, 2.05) is 0 Å². The van der Waals surface area contributed by atoms with Crippen LogP contribution in [0.1, 0.15) is 59.7 Å². The van der Waals surface area contributed by atoms with Crippen molar-refractivity contribution in [3.05, 3.63) is 45.9 Å². The van der Waals surface area contributed by atoms with Crippen molar-refractivity contribution >= 4 is 22.2 Å². The highest BCUT2D eigenvalue weighted by atomic mass is 32.2. The second-order valence-corrected chi connectivity index (χ2v) is 8.49. The Morgan fingerprint density at radius 2 is 1.92 bits per heavy atom. The second kappa shape index (κ2) is 6.72.